The zero-order valence-corrected chi connectivity index (χ0v) is 28.1. The number of likely N-dealkylation sites (N-methyl/N-ethyl adjacent to an activating group) is 1. The number of nitrogens with zero attached hydrogens (tertiary/aromatic N) is 1. The summed E-state index contributed by atoms with van der Waals surface area (Å²) in [4.78, 5) is 15.8. The number of anilines is 1. The number of benzene rings is 4. The summed E-state index contributed by atoms with van der Waals surface area (Å²) in [7, 11) is -1.95. The number of rotatable bonds is 14. The van der Waals surface area contributed by atoms with Crippen LogP contribution in [0.1, 0.15) is 46.6 Å². The van der Waals surface area contributed by atoms with Crippen LogP contribution in [-0.4, -0.2) is 56.6 Å². The Morgan fingerprint density at radius 2 is 1.60 bits per heavy atom. The van der Waals surface area contributed by atoms with Crippen molar-refractivity contribution in [2.24, 2.45) is 0 Å². The average molecular weight is 670 g/mol. The first kappa shape index (κ1) is 35.2. The van der Waals surface area contributed by atoms with Crippen LogP contribution < -0.4 is 10.0 Å². The Hall–Kier alpha value is -4.16. The Kier molecular flexibility index (Phi) is 11.9. The van der Waals surface area contributed by atoms with Gasteiger partial charge in [0.2, 0.25) is 15.9 Å². The van der Waals surface area contributed by atoms with Gasteiger partial charge in [0.25, 0.3) is 0 Å². The van der Waals surface area contributed by atoms with E-state index in [1.54, 1.807) is 24.3 Å². The molecule has 0 spiro atoms. The van der Waals surface area contributed by atoms with Gasteiger partial charge in [-0.3, -0.25) is 4.79 Å². The maximum absolute atomic E-state index is 13.6. The second-order valence-corrected chi connectivity index (χ2v) is 13.9. The number of carbonyl (C=O) groups is 1. The van der Waals surface area contributed by atoms with Gasteiger partial charge in [-0.2, -0.15) is 4.72 Å². The molecule has 1 heterocycles. The second-order valence-electron chi connectivity index (χ2n) is 12.1. The van der Waals surface area contributed by atoms with Gasteiger partial charge in [-0.15, -0.1) is 6.58 Å². The average Bonchev–Trinajstić information content (AvgIpc) is 3.09. The highest BCUT2D eigenvalue weighted by molar-refractivity contribution is 7.89. The van der Waals surface area contributed by atoms with Gasteiger partial charge in [-0.1, -0.05) is 90.5 Å². The molecule has 4 atom stereocenters. The van der Waals surface area contributed by atoms with Gasteiger partial charge in [0, 0.05) is 30.8 Å². The Labute approximate surface area is 283 Å². The third kappa shape index (κ3) is 9.47. The molecule has 252 valence electrons. The zero-order valence-electron chi connectivity index (χ0n) is 27.3. The van der Waals surface area contributed by atoms with Crippen LogP contribution in [0.3, 0.4) is 0 Å². The predicted molar refractivity (Wildman–Crippen MR) is 187 cm³/mol. The summed E-state index contributed by atoms with van der Waals surface area (Å²) >= 11 is 0. The van der Waals surface area contributed by atoms with E-state index < -0.39 is 28.3 Å². The van der Waals surface area contributed by atoms with Crippen molar-refractivity contribution in [3.05, 3.63) is 144 Å². The highest BCUT2D eigenvalue weighted by Crippen LogP contribution is 2.38. The SMILES string of the molecule is C=CCN(C)C[C@@H]1C[C@H](c2ccc(CO)cc2)O[C@H](c2ccc(NC(=O)[C@@H](Cc3ccccc3)NS(=O)(=O)c3ccc(C)cc3)cc2)O1. The van der Waals surface area contributed by atoms with Crippen molar-refractivity contribution < 1.29 is 27.8 Å². The van der Waals surface area contributed by atoms with Gasteiger partial charge in [-0.05, 0) is 61.3 Å². The van der Waals surface area contributed by atoms with E-state index in [2.05, 4.69) is 21.5 Å². The van der Waals surface area contributed by atoms with Gasteiger partial charge in [0.1, 0.15) is 6.04 Å². The fraction of sp³-hybridized carbons (Fsp3) is 0.289. The van der Waals surface area contributed by atoms with Crippen LogP contribution in [0.4, 0.5) is 5.69 Å². The fourth-order valence-corrected chi connectivity index (χ4v) is 6.83. The number of nitrogens with one attached hydrogen (secondary N) is 2. The van der Waals surface area contributed by atoms with E-state index in [1.165, 1.54) is 12.1 Å². The van der Waals surface area contributed by atoms with Crippen LogP contribution in [0.15, 0.2) is 121 Å². The summed E-state index contributed by atoms with van der Waals surface area (Å²) in [5, 5.41) is 12.4. The van der Waals surface area contributed by atoms with Crippen LogP contribution in [0, 0.1) is 6.92 Å². The summed E-state index contributed by atoms with van der Waals surface area (Å²) in [6.07, 6.45) is 1.69. The fourth-order valence-electron chi connectivity index (χ4n) is 5.64. The van der Waals surface area contributed by atoms with Crippen LogP contribution in [0.2, 0.25) is 0 Å². The molecule has 5 rings (SSSR count). The van der Waals surface area contributed by atoms with Crippen molar-refractivity contribution in [1.82, 2.24) is 9.62 Å². The molecule has 0 saturated carbocycles. The van der Waals surface area contributed by atoms with Gasteiger partial charge in [0.05, 0.1) is 23.7 Å². The molecule has 0 bridgehead atoms. The summed E-state index contributed by atoms with van der Waals surface area (Å²) in [5.41, 5.74) is 4.87. The number of hydrogen-bond acceptors (Lipinski definition) is 7. The molecule has 10 heteroatoms. The number of ether oxygens (including phenoxy) is 2. The van der Waals surface area contributed by atoms with Crippen LogP contribution >= 0.6 is 0 Å². The van der Waals surface area contributed by atoms with Crippen molar-refractivity contribution in [2.75, 3.05) is 25.5 Å². The normalized spacial score (nSPS) is 18.7. The van der Waals surface area contributed by atoms with E-state index in [4.69, 9.17) is 9.47 Å². The summed E-state index contributed by atoms with van der Waals surface area (Å²) in [5.74, 6) is -0.482. The van der Waals surface area contributed by atoms with Crippen LogP contribution in [0.25, 0.3) is 0 Å². The molecule has 0 radical (unpaired) electrons. The molecular weight excluding hydrogens is 627 g/mol. The first-order chi connectivity index (χ1) is 23.1. The number of hydrogen-bond donors (Lipinski definition) is 3. The highest BCUT2D eigenvalue weighted by atomic mass is 32.2. The minimum absolute atomic E-state index is 0.0268. The molecule has 0 aliphatic carbocycles. The Morgan fingerprint density at radius 3 is 2.25 bits per heavy atom. The zero-order chi connectivity index (χ0) is 34.1. The second kappa shape index (κ2) is 16.3. The van der Waals surface area contributed by atoms with Gasteiger partial charge in [-0.25, -0.2) is 8.42 Å². The lowest BCUT2D eigenvalue weighted by Gasteiger charge is -2.37. The molecule has 0 unspecified atom stereocenters. The van der Waals surface area contributed by atoms with Gasteiger partial charge >= 0.3 is 0 Å². The third-order valence-corrected chi connectivity index (χ3v) is 9.74. The van der Waals surface area contributed by atoms with E-state index in [1.807, 2.05) is 86.8 Å². The van der Waals surface area contributed by atoms with Gasteiger partial charge in [0.15, 0.2) is 6.29 Å². The molecule has 1 aliphatic rings. The highest BCUT2D eigenvalue weighted by Gasteiger charge is 2.33. The Bertz CT molecular complexity index is 1750. The maximum Gasteiger partial charge on any atom is 0.242 e. The van der Waals surface area contributed by atoms with E-state index >= 15 is 0 Å². The maximum atomic E-state index is 13.6. The van der Waals surface area contributed by atoms with Crippen molar-refractivity contribution >= 4 is 21.6 Å². The summed E-state index contributed by atoms with van der Waals surface area (Å²) < 4.78 is 42.0. The van der Waals surface area contributed by atoms with Crippen molar-refractivity contribution in [3.8, 4) is 0 Å². The van der Waals surface area contributed by atoms with Crippen molar-refractivity contribution in [1.29, 1.82) is 0 Å². The lowest BCUT2D eigenvalue weighted by atomic mass is 9.99. The van der Waals surface area contributed by atoms with E-state index in [9.17, 15) is 18.3 Å². The quantitative estimate of drug-likeness (QED) is 0.148. The third-order valence-electron chi connectivity index (χ3n) is 8.25. The summed E-state index contributed by atoms with van der Waals surface area (Å²) in [6.45, 7) is 7.10. The number of sulfonamides is 1. The summed E-state index contributed by atoms with van der Waals surface area (Å²) in [6, 6.07) is 29.6. The minimum atomic E-state index is -3.97. The molecule has 4 aromatic carbocycles. The lowest BCUT2D eigenvalue weighted by molar-refractivity contribution is -0.252. The van der Waals surface area contributed by atoms with E-state index in [0.29, 0.717) is 18.7 Å². The lowest BCUT2D eigenvalue weighted by Crippen LogP contribution is -2.45. The molecule has 3 N–H and O–H groups in total. The number of aliphatic hydroxyl groups is 1. The van der Waals surface area contributed by atoms with Gasteiger partial charge < -0.3 is 24.8 Å². The number of aliphatic hydroxyl groups excluding tert-OH is 1. The Balaban J connectivity index is 1.32. The van der Waals surface area contributed by atoms with E-state index in [-0.39, 0.29) is 30.1 Å². The molecule has 9 nitrogen and oxygen atoms in total. The topological polar surface area (TPSA) is 117 Å². The molecule has 0 aromatic heterocycles. The van der Waals surface area contributed by atoms with Crippen molar-refractivity contribution in [3.63, 3.8) is 0 Å². The van der Waals surface area contributed by atoms with E-state index in [0.717, 1.165) is 34.4 Å². The number of carbonyl (C=O) groups excluding carboxylic acids is 1. The number of amides is 1. The molecule has 48 heavy (non-hydrogen) atoms. The predicted octanol–water partition coefficient (Wildman–Crippen LogP) is 5.68. The number of aryl methyl sites for hydroxylation is 1. The monoisotopic (exact) mass is 669 g/mol. The Morgan fingerprint density at radius 1 is 0.938 bits per heavy atom. The molecule has 1 aliphatic heterocycles. The largest absolute Gasteiger partial charge is 0.392 e. The van der Waals surface area contributed by atoms with Crippen molar-refractivity contribution in [2.45, 2.75) is 55.8 Å². The minimum Gasteiger partial charge on any atom is -0.392 e. The first-order valence-corrected chi connectivity index (χ1v) is 17.5. The molecular formula is C38H43N3O6S. The smallest absolute Gasteiger partial charge is 0.242 e. The van der Waals surface area contributed by atoms with Crippen LogP contribution in [0.5, 0.6) is 0 Å². The molecule has 4 aromatic rings. The van der Waals surface area contributed by atoms with Crippen LogP contribution in [-0.2, 0) is 37.3 Å². The molecule has 1 saturated heterocycles. The molecule has 1 amide bonds. The standard InChI is InChI=1S/C38H43N3O6S/c1-4-22-41(3)25-33-24-36(30-14-12-29(26-42)13-15-30)47-38(46-33)31-16-18-32(19-17-31)39-37(43)35(23-28-8-6-5-7-9-28)40-48(44,45)34-20-10-27(2)11-21-34/h4-21,33,35-36,38,40,42H,1,22-26H2,2-3H3,(H,39,43)/t33-,35+,36+,38+/m0/s1. The molecule has 1 fully saturated rings. The first-order valence-electron chi connectivity index (χ1n) is 16.0.